The highest BCUT2D eigenvalue weighted by molar-refractivity contribution is 7.15. The Morgan fingerprint density at radius 3 is 2.96 bits per heavy atom. The van der Waals surface area contributed by atoms with Gasteiger partial charge in [-0.3, -0.25) is 14.0 Å². The van der Waals surface area contributed by atoms with Crippen LogP contribution < -0.4 is 5.32 Å². The number of rotatable bonds is 4. The molecule has 1 amide bonds. The molecule has 2 heterocycles. The number of nitrogens with one attached hydrogen (secondary N) is 1. The molecule has 0 aliphatic heterocycles. The summed E-state index contributed by atoms with van der Waals surface area (Å²) >= 11 is 1.55. The number of hydrogen-bond acceptors (Lipinski definition) is 4. The van der Waals surface area contributed by atoms with E-state index in [1.54, 1.807) is 41.7 Å². The minimum atomic E-state index is -0.167. The van der Waals surface area contributed by atoms with Gasteiger partial charge in [-0.2, -0.15) is 0 Å². The lowest BCUT2D eigenvalue weighted by Crippen LogP contribution is -2.06. The van der Waals surface area contributed by atoms with Crippen molar-refractivity contribution in [3.63, 3.8) is 0 Å². The van der Waals surface area contributed by atoms with E-state index in [1.165, 1.54) is 13.0 Å². The topological polar surface area (TPSA) is 63.5 Å². The third-order valence-electron chi connectivity index (χ3n) is 3.34. The molecular weight excluding hydrogens is 310 g/mol. The predicted molar refractivity (Wildman–Crippen MR) is 91.9 cm³/mol. The third-order valence-corrected chi connectivity index (χ3v) is 4.10. The zero-order valence-corrected chi connectivity index (χ0v) is 13.6. The van der Waals surface area contributed by atoms with E-state index >= 15 is 0 Å². The molecule has 1 aromatic carbocycles. The van der Waals surface area contributed by atoms with E-state index < -0.39 is 0 Å². The summed E-state index contributed by atoms with van der Waals surface area (Å²) in [5.41, 5.74) is 2.91. The van der Waals surface area contributed by atoms with Crippen molar-refractivity contribution in [1.82, 2.24) is 9.38 Å². The van der Waals surface area contributed by atoms with Crippen LogP contribution in [0.1, 0.15) is 28.7 Å². The first-order chi connectivity index (χ1) is 11.0. The summed E-state index contributed by atoms with van der Waals surface area (Å²) in [5, 5.41) is 4.63. The van der Waals surface area contributed by atoms with E-state index in [0.29, 0.717) is 11.3 Å². The van der Waals surface area contributed by atoms with Gasteiger partial charge < -0.3 is 5.32 Å². The van der Waals surface area contributed by atoms with Crippen LogP contribution in [-0.2, 0) is 4.79 Å². The highest BCUT2D eigenvalue weighted by Gasteiger charge is 2.08. The number of allylic oxidation sites excluding steroid dienone is 1. The van der Waals surface area contributed by atoms with E-state index in [1.807, 2.05) is 22.9 Å². The van der Waals surface area contributed by atoms with Crippen molar-refractivity contribution in [2.75, 3.05) is 5.32 Å². The highest BCUT2D eigenvalue weighted by Crippen LogP contribution is 2.18. The Balaban J connectivity index is 1.85. The fourth-order valence-electron chi connectivity index (χ4n) is 2.32. The van der Waals surface area contributed by atoms with Crippen LogP contribution in [0.3, 0.4) is 0 Å². The smallest absolute Gasteiger partial charge is 0.221 e. The monoisotopic (exact) mass is 325 g/mol. The first kappa shape index (κ1) is 15.2. The lowest BCUT2D eigenvalue weighted by molar-refractivity contribution is -0.114. The van der Waals surface area contributed by atoms with Crippen molar-refractivity contribution in [2.24, 2.45) is 0 Å². The van der Waals surface area contributed by atoms with Crippen LogP contribution in [0.4, 0.5) is 5.69 Å². The van der Waals surface area contributed by atoms with Crippen molar-refractivity contribution >= 4 is 39.8 Å². The Bertz CT molecular complexity index is 921. The second-order valence-electron chi connectivity index (χ2n) is 5.10. The zero-order valence-electron chi connectivity index (χ0n) is 12.7. The Hall–Kier alpha value is -2.73. The van der Waals surface area contributed by atoms with Crippen LogP contribution >= 0.6 is 11.3 Å². The molecule has 0 fully saturated rings. The number of benzene rings is 1. The van der Waals surface area contributed by atoms with Gasteiger partial charge in [0.25, 0.3) is 0 Å². The Labute approximate surface area is 137 Å². The number of nitrogens with zero attached hydrogens (tertiary/aromatic N) is 2. The van der Waals surface area contributed by atoms with Gasteiger partial charge in [0.15, 0.2) is 10.7 Å². The van der Waals surface area contributed by atoms with E-state index in [-0.39, 0.29) is 11.7 Å². The van der Waals surface area contributed by atoms with Crippen molar-refractivity contribution < 1.29 is 9.59 Å². The number of amides is 1. The number of imidazole rings is 1. The molecule has 3 rings (SSSR count). The van der Waals surface area contributed by atoms with Crippen molar-refractivity contribution in [3.05, 3.63) is 58.9 Å². The van der Waals surface area contributed by atoms with Gasteiger partial charge in [0.05, 0.1) is 11.4 Å². The number of carbonyl (C=O) groups excluding carboxylic acids is 2. The number of carbonyl (C=O) groups is 2. The van der Waals surface area contributed by atoms with Gasteiger partial charge in [-0.25, -0.2) is 4.98 Å². The van der Waals surface area contributed by atoms with Gasteiger partial charge in [0.2, 0.25) is 5.91 Å². The first-order valence-corrected chi connectivity index (χ1v) is 7.95. The molecule has 0 radical (unpaired) electrons. The average molecular weight is 325 g/mol. The summed E-state index contributed by atoms with van der Waals surface area (Å²) in [7, 11) is 0. The SMILES string of the molecule is CC(=O)Nc1cccc(C(=O)/C=C/c2c(C)nc3sccn23)c1. The molecule has 0 aliphatic carbocycles. The molecule has 0 saturated heterocycles. The normalized spacial score (nSPS) is 11.2. The summed E-state index contributed by atoms with van der Waals surface area (Å²) in [6.45, 7) is 3.35. The number of ketones is 1. The lowest BCUT2D eigenvalue weighted by atomic mass is 10.1. The molecule has 0 unspecified atom stereocenters. The molecule has 1 N–H and O–H groups in total. The number of aryl methyl sites for hydroxylation is 1. The molecule has 0 aliphatic rings. The molecule has 5 nitrogen and oxygen atoms in total. The third kappa shape index (κ3) is 3.22. The molecule has 0 bridgehead atoms. The van der Waals surface area contributed by atoms with Crippen LogP contribution in [0.5, 0.6) is 0 Å². The molecular formula is C17H15N3O2S. The van der Waals surface area contributed by atoms with Crippen LogP contribution in [0.25, 0.3) is 11.0 Å². The first-order valence-electron chi connectivity index (χ1n) is 7.07. The molecule has 6 heteroatoms. The standard InChI is InChI=1S/C17H15N3O2S/c1-11-15(20-8-9-23-17(20)18-11)6-7-16(22)13-4-3-5-14(10-13)19-12(2)21/h3-10H,1-2H3,(H,19,21)/b7-6+. The van der Waals surface area contributed by atoms with Gasteiger partial charge in [0.1, 0.15) is 0 Å². The van der Waals surface area contributed by atoms with E-state index in [9.17, 15) is 9.59 Å². The number of thiazole rings is 1. The molecule has 2 aromatic heterocycles. The van der Waals surface area contributed by atoms with E-state index in [4.69, 9.17) is 0 Å². The van der Waals surface area contributed by atoms with Gasteiger partial charge in [0, 0.05) is 29.8 Å². The average Bonchev–Trinajstić information content (AvgIpc) is 3.05. The van der Waals surface area contributed by atoms with Crippen molar-refractivity contribution in [3.8, 4) is 0 Å². The zero-order chi connectivity index (χ0) is 16.4. The molecule has 3 aromatic rings. The maximum atomic E-state index is 12.3. The molecule has 0 spiro atoms. The van der Waals surface area contributed by atoms with Gasteiger partial charge in [-0.05, 0) is 31.2 Å². The van der Waals surface area contributed by atoms with E-state index in [2.05, 4.69) is 10.3 Å². The Morgan fingerprint density at radius 2 is 2.17 bits per heavy atom. The van der Waals surface area contributed by atoms with Crippen LogP contribution in [0.15, 0.2) is 41.9 Å². The van der Waals surface area contributed by atoms with Crippen LogP contribution in [0, 0.1) is 6.92 Å². The maximum Gasteiger partial charge on any atom is 0.221 e. The summed E-state index contributed by atoms with van der Waals surface area (Å²) in [6, 6.07) is 6.88. The molecule has 0 saturated carbocycles. The minimum absolute atomic E-state index is 0.123. The number of aromatic nitrogens is 2. The van der Waals surface area contributed by atoms with Crippen LogP contribution in [0.2, 0.25) is 0 Å². The molecule has 0 atom stereocenters. The molecule has 116 valence electrons. The van der Waals surface area contributed by atoms with Crippen LogP contribution in [-0.4, -0.2) is 21.1 Å². The second-order valence-corrected chi connectivity index (χ2v) is 5.97. The van der Waals surface area contributed by atoms with Gasteiger partial charge >= 0.3 is 0 Å². The second kappa shape index (κ2) is 6.18. The summed E-state index contributed by atoms with van der Waals surface area (Å²) in [4.78, 5) is 28.8. The number of anilines is 1. The quantitative estimate of drug-likeness (QED) is 0.589. The predicted octanol–water partition coefficient (Wildman–Crippen LogP) is 3.56. The highest BCUT2D eigenvalue weighted by atomic mass is 32.1. The minimum Gasteiger partial charge on any atom is -0.326 e. The largest absolute Gasteiger partial charge is 0.326 e. The number of hydrogen-bond donors (Lipinski definition) is 1. The summed E-state index contributed by atoms with van der Waals surface area (Å²) < 4.78 is 1.96. The summed E-state index contributed by atoms with van der Waals surface area (Å²) in [5.74, 6) is -0.290. The van der Waals surface area contributed by atoms with Gasteiger partial charge in [-0.15, -0.1) is 11.3 Å². The Morgan fingerprint density at radius 1 is 1.35 bits per heavy atom. The van der Waals surface area contributed by atoms with E-state index in [0.717, 1.165) is 16.3 Å². The summed E-state index contributed by atoms with van der Waals surface area (Å²) in [6.07, 6.45) is 5.23. The van der Waals surface area contributed by atoms with Crippen molar-refractivity contribution in [2.45, 2.75) is 13.8 Å². The van der Waals surface area contributed by atoms with Crippen molar-refractivity contribution in [1.29, 1.82) is 0 Å². The molecule has 23 heavy (non-hydrogen) atoms. The number of fused-ring (bicyclic) bond motifs is 1. The van der Waals surface area contributed by atoms with Gasteiger partial charge in [-0.1, -0.05) is 12.1 Å². The fraction of sp³-hybridized carbons (Fsp3) is 0.118. The Kier molecular flexibility index (Phi) is 4.08. The maximum absolute atomic E-state index is 12.3. The lowest BCUT2D eigenvalue weighted by Gasteiger charge is -2.03. The fourth-order valence-corrected chi connectivity index (χ4v) is 3.08.